The van der Waals surface area contributed by atoms with Crippen LogP contribution >= 0.6 is 0 Å². The lowest BCUT2D eigenvalue weighted by Gasteiger charge is -2.22. The van der Waals surface area contributed by atoms with Gasteiger partial charge < -0.3 is 10.1 Å². The average molecular weight is 352 g/mol. The highest BCUT2D eigenvalue weighted by Crippen LogP contribution is 2.30. The Bertz CT molecular complexity index is 812. The molecule has 136 valence electrons. The van der Waals surface area contributed by atoms with E-state index in [4.69, 9.17) is 4.74 Å². The molecule has 1 unspecified atom stereocenters. The molecule has 0 radical (unpaired) electrons. The molecule has 2 aromatic carbocycles. The fourth-order valence-electron chi connectivity index (χ4n) is 3.05. The monoisotopic (exact) mass is 352 g/mol. The van der Waals surface area contributed by atoms with Crippen LogP contribution in [0.1, 0.15) is 37.5 Å². The summed E-state index contributed by atoms with van der Waals surface area (Å²) in [5.41, 5.74) is 1.72. The van der Waals surface area contributed by atoms with Gasteiger partial charge in [0.2, 0.25) is 0 Å². The first-order valence-corrected chi connectivity index (χ1v) is 8.76. The van der Waals surface area contributed by atoms with Crippen molar-refractivity contribution in [3.05, 3.63) is 65.2 Å². The van der Waals surface area contributed by atoms with E-state index in [2.05, 4.69) is 5.32 Å². The molecule has 5 nitrogen and oxygen atoms in total. The predicted molar refractivity (Wildman–Crippen MR) is 99.8 cm³/mol. The summed E-state index contributed by atoms with van der Waals surface area (Å²) < 4.78 is 5.62. The molecule has 1 heterocycles. The number of aryl methyl sites for hydroxylation is 1. The van der Waals surface area contributed by atoms with E-state index in [1.54, 1.807) is 6.92 Å². The molecule has 0 spiro atoms. The number of urea groups is 1. The number of carbonyl (C=O) groups excluding carboxylic acids is 2. The lowest BCUT2D eigenvalue weighted by Crippen LogP contribution is -2.40. The maximum atomic E-state index is 13.0. The second-order valence-corrected chi connectivity index (χ2v) is 7.12. The molecule has 3 amide bonds. The van der Waals surface area contributed by atoms with Gasteiger partial charge >= 0.3 is 6.03 Å². The van der Waals surface area contributed by atoms with Crippen molar-refractivity contribution in [1.82, 2.24) is 10.2 Å². The highest BCUT2D eigenvalue weighted by molar-refractivity contribution is 6.07. The Morgan fingerprint density at radius 2 is 1.65 bits per heavy atom. The van der Waals surface area contributed by atoms with Crippen molar-refractivity contribution in [1.29, 1.82) is 0 Å². The number of hydrogen-bond acceptors (Lipinski definition) is 3. The summed E-state index contributed by atoms with van der Waals surface area (Å²) in [5, 5.41) is 2.84. The number of nitrogens with one attached hydrogen (secondary N) is 1. The Morgan fingerprint density at radius 3 is 2.23 bits per heavy atom. The van der Waals surface area contributed by atoms with Gasteiger partial charge in [0, 0.05) is 0 Å². The summed E-state index contributed by atoms with van der Waals surface area (Å²) in [6.45, 7) is 7.89. The van der Waals surface area contributed by atoms with Gasteiger partial charge in [-0.15, -0.1) is 0 Å². The van der Waals surface area contributed by atoms with E-state index in [1.165, 1.54) is 4.90 Å². The number of benzene rings is 2. The molecule has 0 aromatic heterocycles. The zero-order chi connectivity index (χ0) is 18.9. The Balaban J connectivity index is 1.78. The highest BCUT2D eigenvalue weighted by atomic mass is 16.5. The normalized spacial score (nSPS) is 19.8. The van der Waals surface area contributed by atoms with E-state index in [0.29, 0.717) is 0 Å². The van der Waals surface area contributed by atoms with Crippen molar-refractivity contribution in [3.8, 4) is 5.75 Å². The standard InChI is InChI=1S/C21H24N2O3/c1-14(2)26-18-11-7-16(8-12-18)13-23-19(24)21(4,22-20(23)25)17-9-5-15(3)6-10-17/h5-12,14H,13H2,1-4H3,(H,22,25). The fraction of sp³-hybridized carbons (Fsp3) is 0.333. The number of ether oxygens (including phenoxy) is 1. The molecule has 1 aliphatic heterocycles. The van der Waals surface area contributed by atoms with E-state index >= 15 is 0 Å². The third kappa shape index (κ3) is 3.43. The zero-order valence-electron chi connectivity index (χ0n) is 15.6. The van der Waals surface area contributed by atoms with Gasteiger partial charge in [0.05, 0.1) is 12.6 Å². The van der Waals surface area contributed by atoms with Gasteiger partial charge in [-0.05, 0) is 51.0 Å². The maximum absolute atomic E-state index is 13.0. The van der Waals surface area contributed by atoms with Crippen LogP contribution in [0.4, 0.5) is 4.79 Å². The molecule has 0 bridgehead atoms. The molecular weight excluding hydrogens is 328 g/mol. The van der Waals surface area contributed by atoms with Crippen LogP contribution in [0.2, 0.25) is 0 Å². The largest absolute Gasteiger partial charge is 0.491 e. The van der Waals surface area contributed by atoms with Crippen LogP contribution in [-0.4, -0.2) is 22.9 Å². The van der Waals surface area contributed by atoms with Crippen molar-refractivity contribution in [3.63, 3.8) is 0 Å². The van der Waals surface area contributed by atoms with Crippen molar-refractivity contribution in [2.24, 2.45) is 0 Å². The van der Waals surface area contributed by atoms with Crippen LogP contribution in [-0.2, 0) is 16.9 Å². The van der Waals surface area contributed by atoms with Gasteiger partial charge in [-0.3, -0.25) is 9.69 Å². The third-order valence-corrected chi connectivity index (χ3v) is 4.54. The topological polar surface area (TPSA) is 58.6 Å². The average Bonchev–Trinajstić information content (AvgIpc) is 2.81. The number of hydrogen-bond donors (Lipinski definition) is 1. The van der Waals surface area contributed by atoms with Gasteiger partial charge in [0.25, 0.3) is 5.91 Å². The molecule has 1 N–H and O–H groups in total. The smallest absolute Gasteiger partial charge is 0.325 e. The Labute approximate surface area is 154 Å². The lowest BCUT2D eigenvalue weighted by molar-refractivity contribution is -0.131. The second kappa shape index (κ2) is 6.83. The summed E-state index contributed by atoms with van der Waals surface area (Å²) in [6.07, 6.45) is 0.0991. The van der Waals surface area contributed by atoms with Gasteiger partial charge in [0.1, 0.15) is 11.3 Å². The minimum Gasteiger partial charge on any atom is -0.491 e. The molecular formula is C21H24N2O3. The lowest BCUT2D eigenvalue weighted by atomic mass is 9.91. The first-order valence-electron chi connectivity index (χ1n) is 8.76. The van der Waals surface area contributed by atoms with Crippen molar-refractivity contribution >= 4 is 11.9 Å². The summed E-state index contributed by atoms with van der Waals surface area (Å²) in [7, 11) is 0. The minimum atomic E-state index is -1.04. The van der Waals surface area contributed by atoms with E-state index in [1.807, 2.05) is 69.3 Å². The van der Waals surface area contributed by atoms with E-state index in [9.17, 15) is 9.59 Å². The van der Waals surface area contributed by atoms with Crippen LogP contribution in [0.3, 0.4) is 0 Å². The molecule has 5 heteroatoms. The number of imide groups is 1. The molecule has 1 saturated heterocycles. The van der Waals surface area contributed by atoms with E-state index in [0.717, 1.165) is 22.4 Å². The highest BCUT2D eigenvalue weighted by Gasteiger charge is 2.48. The maximum Gasteiger partial charge on any atom is 0.325 e. The number of amides is 3. The molecule has 1 aliphatic rings. The third-order valence-electron chi connectivity index (χ3n) is 4.54. The Kier molecular flexibility index (Phi) is 4.72. The first-order chi connectivity index (χ1) is 12.3. The van der Waals surface area contributed by atoms with Crippen LogP contribution < -0.4 is 10.1 Å². The molecule has 0 aliphatic carbocycles. The quantitative estimate of drug-likeness (QED) is 0.834. The molecule has 1 atom stereocenters. The second-order valence-electron chi connectivity index (χ2n) is 7.12. The number of rotatable bonds is 5. The molecule has 3 rings (SSSR count). The first kappa shape index (κ1) is 18.0. The van der Waals surface area contributed by atoms with Crippen LogP contribution in [0, 0.1) is 6.92 Å². The minimum absolute atomic E-state index is 0.0991. The van der Waals surface area contributed by atoms with Gasteiger partial charge in [-0.2, -0.15) is 0 Å². The van der Waals surface area contributed by atoms with E-state index < -0.39 is 5.54 Å². The van der Waals surface area contributed by atoms with Gasteiger partial charge in [0.15, 0.2) is 0 Å². The molecule has 1 fully saturated rings. The summed E-state index contributed by atoms with van der Waals surface area (Å²) in [6, 6.07) is 14.7. The van der Waals surface area contributed by atoms with Crippen molar-refractivity contribution in [2.75, 3.05) is 0 Å². The zero-order valence-corrected chi connectivity index (χ0v) is 15.6. The van der Waals surface area contributed by atoms with Crippen LogP contribution in [0.25, 0.3) is 0 Å². The van der Waals surface area contributed by atoms with Crippen LogP contribution in [0.5, 0.6) is 5.75 Å². The summed E-state index contributed by atoms with van der Waals surface area (Å²) in [4.78, 5) is 26.6. The van der Waals surface area contributed by atoms with Crippen LogP contribution in [0.15, 0.2) is 48.5 Å². The molecule has 2 aromatic rings. The number of nitrogens with zero attached hydrogens (tertiary/aromatic N) is 1. The summed E-state index contributed by atoms with van der Waals surface area (Å²) in [5.74, 6) is 0.527. The molecule has 0 saturated carbocycles. The SMILES string of the molecule is Cc1ccc(C2(C)NC(=O)N(Cc3ccc(OC(C)C)cc3)C2=O)cc1. The van der Waals surface area contributed by atoms with Crippen molar-refractivity contribution < 1.29 is 14.3 Å². The predicted octanol–water partition coefficient (Wildman–Crippen LogP) is 3.75. The van der Waals surface area contributed by atoms with Crippen molar-refractivity contribution in [2.45, 2.75) is 45.9 Å². The number of carbonyl (C=O) groups is 2. The molecule has 26 heavy (non-hydrogen) atoms. The Hall–Kier alpha value is -2.82. The van der Waals surface area contributed by atoms with Gasteiger partial charge in [-0.1, -0.05) is 42.0 Å². The summed E-state index contributed by atoms with van der Waals surface area (Å²) >= 11 is 0. The Morgan fingerprint density at radius 1 is 1.04 bits per heavy atom. The van der Waals surface area contributed by atoms with Gasteiger partial charge in [-0.25, -0.2) is 4.79 Å². The van der Waals surface area contributed by atoms with E-state index in [-0.39, 0.29) is 24.6 Å². The fourth-order valence-corrected chi connectivity index (χ4v) is 3.05.